The van der Waals surface area contributed by atoms with Gasteiger partial charge in [0.2, 0.25) is 0 Å². The predicted molar refractivity (Wildman–Crippen MR) is 98.3 cm³/mol. The topological polar surface area (TPSA) is 36.8 Å². The van der Waals surface area contributed by atoms with Gasteiger partial charge in [0, 0.05) is 42.4 Å². The molecule has 0 amide bonds. The molecular weight excluding hydrogens is 297 g/mol. The monoisotopic (exact) mass is 323 g/mol. The quantitative estimate of drug-likeness (QED) is 0.494. The molecular formula is C17H26FN3S. The average molecular weight is 323 g/mol. The average Bonchev–Trinajstić information content (AvgIpc) is 2.50. The summed E-state index contributed by atoms with van der Waals surface area (Å²) >= 11 is 4.16. The van der Waals surface area contributed by atoms with E-state index < -0.39 is 6.67 Å². The van der Waals surface area contributed by atoms with Crippen LogP contribution in [-0.4, -0.2) is 43.0 Å². The van der Waals surface area contributed by atoms with Gasteiger partial charge in [-0.05, 0) is 12.8 Å². The third-order valence-corrected chi connectivity index (χ3v) is 3.45. The highest BCUT2D eigenvalue weighted by Crippen LogP contribution is 2.04. The Bertz CT molecular complexity index is 441. The van der Waals surface area contributed by atoms with Crippen LogP contribution in [0.4, 0.5) is 4.39 Å². The van der Waals surface area contributed by atoms with Crippen LogP contribution in [0.25, 0.3) is 0 Å². The molecule has 1 aliphatic rings. The maximum atomic E-state index is 12.4. The number of allylic oxidation sites excluding steroid dienone is 3. The Morgan fingerprint density at radius 2 is 2.23 bits per heavy atom. The molecule has 0 saturated carbocycles. The van der Waals surface area contributed by atoms with Crippen molar-refractivity contribution in [3.63, 3.8) is 0 Å². The SMILES string of the molecule is CC/C=C\C(/C=C/C[C@H](S)CF)NC/C1=N/C/C=N\C=C/C1. The number of thiol groups is 1. The van der Waals surface area contributed by atoms with Gasteiger partial charge in [0.05, 0.1) is 6.54 Å². The largest absolute Gasteiger partial charge is 0.302 e. The van der Waals surface area contributed by atoms with E-state index in [0.29, 0.717) is 13.0 Å². The Morgan fingerprint density at radius 1 is 1.41 bits per heavy atom. The van der Waals surface area contributed by atoms with Crippen LogP contribution in [0.5, 0.6) is 0 Å². The minimum Gasteiger partial charge on any atom is -0.302 e. The van der Waals surface area contributed by atoms with Crippen LogP contribution in [0.2, 0.25) is 0 Å². The van der Waals surface area contributed by atoms with Crippen molar-refractivity contribution in [1.82, 2.24) is 5.32 Å². The van der Waals surface area contributed by atoms with Crippen LogP contribution < -0.4 is 5.32 Å². The lowest BCUT2D eigenvalue weighted by Crippen LogP contribution is -2.31. The van der Waals surface area contributed by atoms with Crippen molar-refractivity contribution in [2.45, 2.75) is 37.5 Å². The van der Waals surface area contributed by atoms with Crippen LogP contribution in [0.15, 0.2) is 46.6 Å². The summed E-state index contributed by atoms with van der Waals surface area (Å²) < 4.78 is 12.4. The normalized spacial score (nSPS) is 23.7. The molecule has 22 heavy (non-hydrogen) atoms. The molecule has 1 aliphatic heterocycles. The Balaban J connectivity index is 2.51. The summed E-state index contributed by atoms with van der Waals surface area (Å²) in [4.78, 5) is 8.57. The molecule has 1 N–H and O–H groups in total. The lowest BCUT2D eigenvalue weighted by Gasteiger charge is -2.13. The van der Waals surface area contributed by atoms with Gasteiger partial charge in [-0.1, -0.05) is 37.3 Å². The predicted octanol–water partition coefficient (Wildman–Crippen LogP) is 3.55. The van der Waals surface area contributed by atoms with Crippen molar-refractivity contribution in [2.75, 3.05) is 19.8 Å². The zero-order valence-corrected chi connectivity index (χ0v) is 14.1. The van der Waals surface area contributed by atoms with Gasteiger partial charge in [-0.15, -0.1) is 0 Å². The number of hydrogen-bond donors (Lipinski definition) is 2. The lowest BCUT2D eigenvalue weighted by atomic mass is 10.1. The van der Waals surface area contributed by atoms with E-state index >= 15 is 0 Å². The van der Waals surface area contributed by atoms with Gasteiger partial charge in [-0.3, -0.25) is 9.98 Å². The van der Waals surface area contributed by atoms with Crippen molar-refractivity contribution in [3.05, 3.63) is 36.6 Å². The molecule has 0 aliphatic carbocycles. The summed E-state index contributed by atoms with van der Waals surface area (Å²) in [5.74, 6) is 0. The second kappa shape index (κ2) is 12.4. The summed E-state index contributed by atoms with van der Waals surface area (Å²) in [7, 11) is 0. The van der Waals surface area contributed by atoms with Crippen LogP contribution in [0.1, 0.15) is 26.2 Å². The fourth-order valence-electron chi connectivity index (χ4n) is 1.88. The van der Waals surface area contributed by atoms with Gasteiger partial charge < -0.3 is 5.32 Å². The number of alkyl halides is 1. The minimum atomic E-state index is -0.402. The maximum Gasteiger partial charge on any atom is 0.101 e. The Kier molecular flexibility index (Phi) is 10.6. The van der Waals surface area contributed by atoms with Gasteiger partial charge in [-0.2, -0.15) is 12.6 Å². The summed E-state index contributed by atoms with van der Waals surface area (Å²) in [6.45, 7) is 3.06. The zero-order valence-electron chi connectivity index (χ0n) is 13.2. The third-order valence-electron chi connectivity index (χ3n) is 3.10. The van der Waals surface area contributed by atoms with E-state index in [-0.39, 0.29) is 11.3 Å². The number of nitrogens with zero attached hydrogens (tertiary/aromatic N) is 2. The highest BCUT2D eigenvalue weighted by molar-refractivity contribution is 7.81. The summed E-state index contributed by atoms with van der Waals surface area (Å²) in [6.07, 6.45) is 16.4. The molecule has 0 bridgehead atoms. The zero-order chi connectivity index (χ0) is 16.0. The number of hydrogen-bond acceptors (Lipinski definition) is 4. The van der Waals surface area contributed by atoms with Crippen molar-refractivity contribution in [3.8, 4) is 0 Å². The van der Waals surface area contributed by atoms with Crippen LogP contribution in [-0.2, 0) is 0 Å². The molecule has 0 aromatic rings. The van der Waals surface area contributed by atoms with E-state index in [2.05, 4.69) is 53.1 Å². The molecule has 0 fully saturated rings. The first-order valence-electron chi connectivity index (χ1n) is 7.75. The molecule has 3 nitrogen and oxygen atoms in total. The molecule has 1 unspecified atom stereocenters. The highest BCUT2D eigenvalue weighted by Gasteiger charge is 2.04. The molecule has 0 radical (unpaired) electrons. The van der Waals surface area contributed by atoms with Crippen molar-refractivity contribution in [2.24, 2.45) is 9.98 Å². The first kappa shape index (κ1) is 18.8. The minimum absolute atomic E-state index is 0.130. The number of rotatable bonds is 9. The van der Waals surface area contributed by atoms with Crippen LogP contribution >= 0.6 is 12.6 Å². The number of aliphatic imine (C=N–C) groups is 2. The van der Waals surface area contributed by atoms with Crippen molar-refractivity contribution >= 4 is 24.6 Å². The van der Waals surface area contributed by atoms with Crippen LogP contribution in [0.3, 0.4) is 0 Å². The van der Waals surface area contributed by atoms with Gasteiger partial charge in [-0.25, -0.2) is 4.39 Å². The van der Waals surface area contributed by atoms with E-state index in [1.807, 2.05) is 18.4 Å². The van der Waals surface area contributed by atoms with Gasteiger partial charge in [0.1, 0.15) is 6.67 Å². The smallest absolute Gasteiger partial charge is 0.101 e. The Hall–Kier alpha value is -1.20. The second-order valence-electron chi connectivity index (χ2n) is 5.04. The van der Waals surface area contributed by atoms with E-state index in [0.717, 1.165) is 25.1 Å². The molecule has 5 heteroatoms. The van der Waals surface area contributed by atoms with Gasteiger partial charge in [0.15, 0.2) is 0 Å². The molecule has 122 valence electrons. The van der Waals surface area contributed by atoms with E-state index in [1.165, 1.54) is 0 Å². The van der Waals surface area contributed by atoms with Crippen LogP contribution in [0, 0.1) is 0 Å². The molecule has 0 saturated heterocycles. The van der Waals surface area contributed by atoms with Gasteiger partial charge in [0.25, 0.3) is 0 Å². The number of halogens is 1. The fourth-order valence-corrected chi connectivity index (χ4v) is 2.01. The molecule has 1 heterocycles. The van der Waals surface area contributed by atoms with Gasteiger partial charge >= 0.3 is 0 Å². The first-order valence-corrected chi connectivity index (χ1v) is 8.27. The molecule has 0 aromatic heterocycles. The van der Waals surface area contributed by atoms with Crippen molar-refractivity contribution < 1.29 is 4.39 Å². The van der Waals surface area contributed by atoms with E-state index in [1.54, 1.807) is 6.21 Å². The Labute approximate surface area is 138 Å². The molecule has 2 atom stereocenters. The summed E-state index contributed by atoms with van der Waals surface area (Å²) in [5, 5.41) is 3.25. The molecule has 1 rings (SSSR count). The van der Waals surface area contributed by atoms with E-state index in [9.17, 15) is 4.39 Å². The van der Waals surface area contributed by atoms with E-state index in [4.69, 9.17) is 0 Å². The highest BCUT2D eigenvalue weighted by atomic mass is 32.1. The molecule has 0 aromatic carbocycles. The fraction of sp³-hybridized carbons (Fsp3) is 0.529. The van der Waals surface area contributed by atoms with Crippen molar-refractivity contribution in [1.29, 1.82) is 0 Å². The Morgan fingerprint density at radius 3 is 3.00 bits per heavy atom. The maximum absolute atomic E-state index is 12.4. The third kappa shape index (κ3) is 8.95. The molecule has 0 spiro atoms. The summed E-state index contributed by atoms with van der Waals surface area (Å²) in [5.41, 5.74) is 1.11. The lowest BCUT2D eigenvalue weighted by molar-refractivity contribution is 0.485. The standard InChI is InChI=1S/C17H26FN3S/c1-2-3-6-15(7-4-9-17(22)13-18)21-14-16-8-5-10-19-11-12-20-16/h3-7,10-11,15,17,21-22H,2,8-9,12-14H2,1H3/b6-3-,7-4+,10-5-,19-11-,20-16+/t15?,17-/m0/s1. The first-order chi connectivity index (χ1) is 10.8. The summed E-state index contributed by atoms with van der Waals surface area (Å²) in [6, 6.07) is 0.130. The second-order valence-corrected chi connectivity index (χ2v) is 5.77. The number of nitrogens with one attached hydrogen (secondary N) is 1.